The van der Waals surface area contributed by atoms with Gasteiger partial charge < -0.3 is 30.6 Å². The highest BCUT2D eigenvalue weighted by atomic mass is 16.5. The average Bonchev–Trinajstić information content (AvgIpc) is 3.42. The molecule has 0 saturated heterocycles. The summed E-state index contributed by atoms with van der Waals surface area (Å²) in [4.78, 5) is 16.9. The Morgan fingerprint density at radius 2 is 1.47 bits per heavy atom. The Kier molecular flexibility index (Phi) is 11.5. The highest BCUT2D eigenvalue weighted by Gasteiger charge is 2.15. The number of aryl methyl sites for hydroxylation is 1. The molecule has 0 atom stereocenters. The molecule has 8 heteroatoms. The molecule has 226 valence electrons. The van der Waals surface area contributed by atoms with Crippen molar-refractivity contribution in [1.29, 1.82) is 0 Å². The molecule has 0 bridgehead atoms. The first-order valence-electron chi connectivity index (χ1n) is 14.8. The van der Waals surface area contributed by atoms with Crippen LogP contribution in [-0.4, -0.2) is 81.3 Å². The van der Waals surface area contributed by atoms with E-state index in [1.807, 2.05) is 36.4 Å². The van der Waals surface area contributed by atoms with Crippen LogP contribution in [-0.2, 0) is 0 Å². The minimum Gasteiger partial charge on any atom is -0.455 e. The highest BCUT2D eigenvalue weighted by molar-refractivity contribution is 5.97. The summed E-state index contributed by atoms with van der Waals surface area (Å²) in [5.74, 6) is 2.11. The maximum atomic E-state index is 6.39. The number of anilines is 1. The normalized spacial score (nSPS) is 12.0. The van der Waals surface area contributed by atoms with Gasteiger partial charge in [-0.2, -0.15) is 0 Å². The SMILES string of the molecule is Cc1ccc(Oc2cc(-c3ccc(C(N)=NCCCN(C)C)cc3)[nH]c2-c2ccc(NC=NCCCN(C)C)cc2)cc1. The van der Waals surface area contributed by atoms with Gasteiger partial charge in [0.2, 0.25) is 0 Å². The number of nitrogens with zero attached hydrogens (tertiary/aromatic N) is 4. The van der Waals surface area contributed by atoms with Crippen LogP contribution in [0, 0.1) is 6.92 Å². The number of aromatic amines is 1. The Hall–Kier alpha value is -4.40. The van der Waals surface area contributed by atoms with Gasteiger partial charge in [0.25, 0.3) is 0 Å². The summed E-state index contributed by atoms with van der Waals surface area (Å²) < 4.78 is 6.39. The van der Waals surface area contributed by atoms with E-state index in [4.69, 9.17) is 10.5 Å². The van der Waals surface area contributed by atoms with Gasteiger partial charge in [-0.1, -0.05) is 54.1 Å². The lowest BCUT2D eigenvalue weighted by molar-refractivity contribution is 0.403. The molecule has 0 aliphatic rings. The Bertz CT molecular complexity index is 1470. The minimum atomic E-state index is 0.563. The van der Waals surface area contributed by atoms with E-state index in [0.717, 1.165) is 77.7 Å². The number of H-pyrrole nitrogens is 1. The van der Waals surface area contributed by atoms with Crippen LogP contribution in [0.4, 0.5) is 5.69 Å². The molecule has 0 spiro atoms. The van der Waals surface area contributed by atoms with Crippen LogP contribution in [0.2, 0.25) is 0 Å². The molecule has 1 aromatic heterocycles. The number of nitrogens with one attached hydrogen (secondary N) is 2. The third-order valence-electron chi connectivity index (χ3n) is 6.96. The zero-order valence-corrected chi connectivity index (χ0v) is 26.1. The van der Waals surface area contributed by atoms with Gasteiger partial charge in [0, 0.05) is 41.7 Å². The number of ether oxygens (including phenoxy) is 1. The van der Waals surface area contributed by atoms with Crippen molar-refractivity contribution >= 4 is 17.9 Å². The quantitative estimate of drug-likeness (QED) is 0.0849. The molecule has 8 nitrogen and oxygen atoms in total. The number of nitrogens with two attached hydrogens (primary N) is 1. The van der Waals surface area contributed by atoms with E-state index in [1.165, 1.54) is 5.56 Å². The summed E-state index contributed by atoms with van der Waals surface area (Å²) in [6.45, 7) is 5.59. The molecule has 0 fully saturated rings. The number of amidine groups is 1. The zero-order chi connectivity index (χ0) is 30.6. The fraction of sp³-hybridized carbons (Fsp3) is 0.314. The molecular weight excluding hydrogens is 534 g/mol. The molecular formula is C35H45N7O. The summed E-state index contributed by atoms with van der Waals surface area (Å²) in [5, 5.41) is 3.27. The Labute approximate surface area is 256 Å². The predicted octanol–water partition coefficient (Wildman–Crippen LogP) is 6.50. The van der Waals surface area contributed by atoms with Crippen LogP contribution in [0.25, 0.3) is 22.5 Å². The Morgan fingerprint density at radius 1 is 0.837 bits per heavy atom. The van der Waals surface area contributed by atoms with Crippen molar-refractivity contribution in [2.75, 3.05) is 59.7 Å². The lowest BCUT2D eigenvalue weighted by Crippen LogP contribution is -2.16. The van der Waals surface area contributed by atoms with Crippen molar-refractivity contribution in [3.63, 3.8) is 0 Å². The number of hydrogen-bond donors (Lipinski definition) is 3. The minimum absolute atomic E-state index is 0.563. The fourth-order valence-corrected chi connectivity index (χ4v) is 4.51. The van der Waals surface area contributed by atoms with E-state index in [-0.39, 0.29) is 0 Å². The molecule has 0 amide bonds. The van der Waals surface area contributed by atoms with Crippen LogP contribution in [0.15, 0.2) is 88.8 Å². The number of aromatic nitrogens is 1. The van der Waals surface area contributed by atoms with E-state index < -0.39 is 0 Å². The van der Waals surface area contributed by atoms with Gasteiger partial charge in [-0.15, -0.1) is 0 Å². The summed E-state index contributed by atoms with van der Waals surface area (Å²) in [7, 11) is 8.27. The number of aliphatic imine (C=N–C) groups is 2. The first kappa shape index (κ1) is 31.5. The molecule has 0 radical (unpaired) electrons. The second-order valence-electron chi connectivity index (χ2n) is 11.3. The van der Waals surface area contributed by atoms with Crippen molar-refractivity contribution in [2.45, 2.75) is 19.8 Å². The zero-order valence-electron chi connectivity index (χ0n) is 26.1. The van der Waals surface area contributed by atoms with Gasteiger partial charge in [0.15, 0.2) is 5.75 Å². The van der Waals surface area contributed by atoms with Crippen molar-refractivity contribution in [2.24, 2.45) is 15.7 Å². The third kappa shape index (κ3) is 9.84. The average molecular weight is 580 g/mol. The van der Waals surface area contributed by atoms with E-state index >= 15 is 0 Å². The second kappa shape index (κ2) is 15.7. The molecule has 3 aromatic carbocycles. The molecule has 0 unspecified atom stereocenters. The molecule has 0 aliphatic heterocycles. The first-order chi connectivity index (χ1) is 20.8. The summed E-state index contributed by atoms with van der Waals surface area (Å²) >= 11 is 0. The topological polar surface area (TPSA) is 94.3 Å². The van der Waals surface area contributed by atoms with Gasteiger partial charge in [-0.3, -0.25) is 9.98 Å². The standard InChI is InChI=1S/C35H45N7O/c1-26-8-18-31(19-9-26)43-33-24-32(27-10-12-29(13-11-27)35(36)38-21-7-23-42(4)5)40-34(33)28-14-16-30(17-15-28)39-25-37-20-6-22-41(2)3/h8-19,24-25,40H,6-7,20-23H2,1-5H3,(H2,36,38)(H,37,39). The maximum absolute atomic E-state index is 6.39. The third-order valence-corrected chi connectivity index (χ3v) is 6.96. The van der Waals surface area contributed by atoms with Crippen LogP contribution >= 0.6 is 0 Å². The molecule has 4 aromatic rings. The van der Waals surface area contributed by atoms with Crippen molar-refractivity contribution < 1.29 is 4.74 Å². The van der Waals surface area contributed by atoms with E-state index in [2.05, 4.69) is 108 Å². The lowest BCUT2D eigenvalue weighted by Gasteiger charge is -2.08. The van der Waals surface area contributed by atoms with Crippen molar-refractivity contribution in [3.8, 4) is 34.0 Å². The van der Waals surface area contributed by atoms with Crippen LogP contribution in [0.3, 0.4) is 0 Å². The van der Waals surface area contributed by atoms with Gasteiger partial charge >= 0.3 is 0 Å². The number of hydrogen-bond acceptors (Lipinski definition) is 5. The number of rotatable bonds is 15. The Morgan fingerprint density at radius 3 is 2.12 bits per heavy atom. The monoisotopic (exact) mass is 579 g/mol. The van der Waals surface area contributed by atoms with E-state index in [0.29, 0.717) is 12.4 Å². The van der Waals surface area contributed by atoms with Crippen LogP contribution < -0.4 is 15.8 Å². The molecule has 43 heavy (non-hydrogen) atoms. The highest BCUT2D eigenvalue weighted by Crippen LogP contribution is 2.37. The fourth-order valence-electron chi connectivity index (χ4n) is 4.51. The molecule has 4 rings (SSSR count). The van der Waals surface area contributed by atoms with Crippen LogP contribution in [0.1, 0.15) is 24.0 Å². The first-order valence-corrected chi connectivity index (χ1v) is 14.8. The predicted molar refractivity (Wildman–Crippen MR) is 182 cm³/mol. The number of benzene rings is 3. The molecule has 0 saturated carbocycles. The molecule has 1 heterocycles. The lowest BCUT2D eigenvalue weighted by atomic mass is 10.1. The molecule has 0 aliphatic carbocycles. The van der Waals surface area contributed by atoms with Gasteiger partial charge in [0.1, 0.15) is 11.6 Å². The van der Waals surface area contributed by atoms with Gasteiger partial charge in [-0.05, 0) is 90.9 Å². The van der Waals surface area contributed by atoms with Crippen molar-refractivity contribution in [1.82, 2.24) is 14.8 Å². The van der Waals surface area contributed by atoms with Crippen LogP contribution in [0.5, 0.6) is 11.5 Å². The summed E-state index contributed by atoms with van der Waals surface area (Å²) in [6, 6.07) is 26.6. The summed E-state index contributed by atoms with van der Waals surface area (Å²) in [6.07, 6.45) is 3.78. The molecule has 4 N–H and O–H groups in total. The smallest absolute Gasteiger partial charge is 0.153 e. The maximum Gasteiger partial charge on any atom is 0.153 e. The van der Waals surface area contributed by atoms with E-state index in [1.54, 1.807) is 6.34 Å². The van der Waals surface area contributed by atoms with Gasteiger partial charge in [0.05, 0.1) is 12.0 Å². The Balaban J connectivity index is 1.52. The van der Waals surface area contributed by atoms with E-state index in [9.17, 15) is 0 Å². The van der Waals surface area contributed by atoms with Gasteiger partial charge in [-0.25, -0.2) is 0 Å². The largest absolute Gasteiger partial charge is 0.455 e. The van der Waals surface area contributed by atoms with Crippen molar-refractivity contribution in [3.05, 3.63) is 90.0 Å². The summed E-state index contributed by atoms with van der Waals surface area (Å²) in [5.41, 5.74) is 13.3. The second-order valence-corrected chi connectivity index (χ2v) is 11.3.